The van der Waals surface area contributed by atoms with Crippen molar-refractivity contribution in [2.45, 2.75) is 0 Å². The molecule has 2 aromatic rings. The largest absolute Gasteiger partial charge is 0.467 e. The van der Waals surface area contributed by atoms with Crippen LogP contribution in [0, 0.1) is 10.1 Å². The molecule has 0 saturated heterocycles. The van der Waals surface area contributed by atoms with Crippen molar-refractivity contribution in [1.29, 1.82) is 0 Å². The SMILES string of the molecule is COc1nc(-c2cccc([N+](=O)[O-])c2)[nH]c(=O)n1. The Balaban J connectivity index is 2.54. The maximum absolute atomic E-state index is 11.2. The third-order valence-corrected chi connectivity index (χ3v) is 2.14. The van der Waals surface area contributed by atoms with Gasteiger partial charge in [-0.1, -0.05) is 12.1 Å². The van der Waals surface area contributed by atoms with Gasteiger partial charge in [0.2, 0.25) is 0 Å². The van der Waals surface area contributed by atoms with Gasteiger partial charge < -0.3 is 4.74 Å². The number of methoxy groups -OCH3 is 1. The number of hydrogen-bond donors (Lipinski definition) is 1. The van der Waals surface area contributed by atoms with Gasteiger partial charge >= 0.3 is 11.7 Å². The van der Waals surface area contributed by atoms with Gasteiger partial charge in [0.1, 0.15) is 5.82 Å². The molecule has 1 aromatic heterocycles. The predicted molar refractivity (Wildman–Crippen MR) is 61.3 cm³/mol. The highest BCUT2D eigenvalue weighted by Crippen LogP contribution is 2.20. The van der Waals surface area contributed by atoms with Gasteiger partial charge in [-0.3, -0.25) is 15.1 Å². The Morgan fingerprint density at radius 3 is 2.83 bits per heavy atom. The van der Waals surface area contributed by atoms with E-state index in [-0.39, 0.29) is 17.5 Å². The van der Waals surface area contributed by atoms with E-state index in [1.54, 1.807) is 6.07 Å². The molecule has 0 aliphatic heterocycles. The van der Waals surface area contributed by atoms with Gasteiger partial charge in [0, 0.05) is 17.7 Å². The van der Waals surface area contributed by atoms with Crippen molar-refractivity contribution < 1.29 is 9.66 Å². The summed E-state index contributed by atoms with van der Waals surface area (Å²) in [7, 11) is 1.33. The van der Waals surface area contributed by atoms with Crippen molar-refractivity contribution in [3.8, 4) is 17.4 Å². The molecule has 0 atom stereocenters. The normalized spacial score (nSPS) is 10.1. The average Bonchev–Trinajstić information content (AvgIpc) is 2.38. The summed E-state index contributed by atoms with van der Waals surface area (Å²) in [6.45, 7) is 0. The summed E-state index contributed by atoms with van der Waals surface area (Å²) in [6.07, 6.45) is 0. The van der Waals surface area contributed by atoms with Crippen molar-refractivity contribution in [3.05, 3.63) is 44.9 Å². The van der Waals surface area contributed by atoms with E-state index in [0.717, 1.165) is 0 Å². The summed E-state index contributed by atoms with van der Waals surface area (Å²) in [5, 5.41) is 10.7. The number of ether oxygens (including phenoxy) is 1. The number of non-ortho nitro benzene ring substituents is 1. The Bertz CT molecular complexity index is 652. The fourth-order valence-corrected chi connectivity index (χ4v) is 1.36. The van der Waals surface area contributed by atoms with E-state index in [1.165, 1.54) is 25.3 Å². The molecule has 0 unspecified atom stereocenters. The fraction of sp³-hybridized carbons (Fsp3) is 0.100. The number of nitrogens with zero attached hydrogens (tertiary/aromatic N) is 3. The van der Waals surface area contributed by atoms with E-state index in [2.05, 4.69) is 15.0 Å². The number of aromatic amines is 1. The molecule has 2 rings (SSSR count). The van der Waals surface area contributed by atoms with E-state index in [1.807, 2.05) is 0 Å². The van der Waals surface area contributed by atoms with Crippen molar-refractivity contribution >= 4 is 5.69 Å². The minimum absolute atomic E-state index is 0.0917. The summed E-state index contributed by atoms with van der Waals surface area (Å²) in [4.78, 5) is 31.1. The minimum atomic E-state index is -0.636. The predicted octanol–water partition coefficient (Wildman–Crippen LogP) is 0.749. The van der Waals surface area contributed by atoms with Crippen molar-refractivity contribution in [2.24, 2.45) is 0 Å². The Labute approximate surface area is 100 Å². The molecule has 0 fully saturated rings. The van der Waals surface area contributed by atoms with Gasteiger partial charge in [0.05, 0.1) is 12.0 Å². The first-order valence-corrected chi connectivity index (χ1v) is 4.87. The molecule has 0 saturated carbocycles. The van der Waals surface area contributed by atoms with E-state index < -0.39 is 10.6 Å². The fourth-order valence-electron chi connectivity index (χ4n) is 1.36. The standard InChI is InChI=1S/C10H8N4O4/c1-18-10-12-8(11-9(15)13-10)6-3-2-4-7(5-6)14(16)17/h2-5H,1H3,(H,11,12,13,15). The number of rotatable bonds is 3. The van der Waals surface area contributed by atoms with E-state index in [4.69, 9.17) is 4.74 Å². The smallest absolute Gasteiger partial charge is 0.351 e. The highest BCUT2D eigenvalue weighted by molar-refractivity contribution is 5.58. The highest BCUT2D eigenvalue weighted by Gasteiger charge is 2.10. The molecule has 92 valence electrons. The van der Waals surface area contributed by atoms with Crippen LogP contribution in [0.5, 0.6) is 6.01 Å². The van der Waals surface area contributed by atoms with Crippen LogP contribution in [-0.2, 0) is 0 Å². The first-order chi connectivity index (χ1) is 8.60. The zero-order valence-electron chi connectivity index (χ0n) is 9.28. The number of nitrogens with one attached hydrogen (secondary N) is 1. The number of nitro benzene ring substituents is 1. The molecule has 0 aliphatic carbocycles. The van der Waals surface area contributed by atoms with E-state index >= 15 is 0 Å². The molecule has 8 heteroatoms. The summed E-state index contributed by atoms with van der Waals surface area (Å²) < 4.78 is 4.76. The molecule has 8 nitrogen and oxygen atoms in total. The lowest BCUT2D eigenvalue weighted by Gasteiger charge is -2.02. The molecule has 1 aromatic carbocycles. The molecule has 0 amide bonds. The summed E-state index contributed by atoms with van der Waals surface area (Å²) in [5.41, 5.74) is -0.323. The lowest BCUT2D eigenvalue weighted by molar-refractivity contribution is -0.384. The van der Waals surface area contributed by atoms with Gasteiger partial charge in [-0.15, -0.1) is 4.98 Å². The molecule has 0 aliphatic rings. The molecular formula is C10H8N4O4. The maximum Gasteiger partial charge on any atom is 0.351 e. The Morgan fingerprint density at radius 1 is 1.39 bits per heavy atom. The number of hydrogen-bond acceptors (Lipinski definition) is 6. The van der Waals surface area contributed by atoms with E-state index in [0.29, 0.717) is 5.56 Å². The second-order valence-corrected chi connectivity index (χ2v) is 3.30. The average molecular weight is 248 g/mol. The topological polar surface area (TPSA) is 111 Å². The van der Waals surface area contributed by atoms with Crippen molar-refractivity contribution in [2.75, 3.05) is 7.11 Å². The van der Waals surface area contributed by atoms with Gasteiger partial charge in [-0.2, -0.15) is 4.98 Å². The Hall–Kier alpha value is -2.77. The van der Waals surface area contributed by atoms with Crippen LogP contribution in [0.3, 0.4) is 0 Å². The third kappa shape index (κ3) is 2.32. The van der Waals surface area contributed by atoms with Crippen LogP contribution in [-0.4, -0.2) is 27.0 Å². The maximum atomic E-state index is 11.2. The monoisotopic (exact) mass is 248 g/mol. The van der Waals surface area contributed by atoms with Gasteiger partial charge in [-0.25, -0.2) is 4.79 Å². The first-order valence-electron chi connectivity index (χ1n) is 4.87. The lowest BCUT2D eigenvalue weighted by atomic mass is 10.2. The second-order valence-electron chi connectivity index (χ2n) is 3.30. The Morgan fingerprint density at radius 2 is 2.17 bits per heavy atom. The van der Waals surface area contributed by atoms with Gasteiger partial charge in [0.15, 0.2) is 0 Å². The zero-order chi connectivity index (χ0) is 13.1. The molecule has 0 bridgehead atoms. The lowest BCUT2D eigenvalue weighted by Crippen LogP contribution is -2.14. The van der Waals surface area contributed by atoms with E-state index in [9.17, 15) is 14.9 Å². The van der Waals surface area contributed by atoms with Crippen LogP contribution in [0.1, 0.15) is 0 Å². The summed E-state index contributed by atoms with van der Waals surface area (Å²) in [6, 6.07) is 5.64. The minimum Gasteiger partial charge on any atom is -0.467 e. The third-order valence-electron chi connectivity index (χ3n) is 2.14. The molecule has 0 spiro atoms. The highest BCUT2D eigenvalue weighted by atomic mass is 16.6. The second kappa shape index (κ2) is 4.62. The zero-order valence-corrected chi connectivity index (χ0v) is 9.28. The van der Waals surface area contributed by atoms with Gasteiger partial charge in [0.25, 0.3) is 5.69 Å². The molecule has 1 heterocycles. The number of nitro groups is 1. The summed E-state index contributed by atoms with van der Waals surface area (Å²) >= 11 is 0. The summed E-state index contributed by atoms with van der Waals surface area (Å²) in [5.74, 6) is 0.163. The van der Waals surface area contributed by atoms with Crippen LogP contribution in [0.2, 0.25) is 0 Å². The first kappa shape index (κ1) is 11.7. The Kier molecular flexibility index (Phi) is 3.00. The number of aromatic nitrogens is 3. The van der Waals surface area contributed by atoms with Crippen LogP contribution < -0.4 is 10.4 Å². The number of H-pyrrole nitrogens is 1. The molecule has 1 N–H and O–H groups in total. The van der Waals surface area contributed by atoms with Crippen LogP contribution in [0.25, 0.3) is 11.4 Å². The van der Waals surface area contributed by atoms with Crippen LogP contribution >= 0.6 is 0 Å². The molecule has 18 heavy (non-hydrogen) atoms. The van der Waals surface area contributed by atoms with Crippen LogP contribution in [0.4, 0.5) is 5.69 Å². The van der Waals surface area contributed by atoms with Crippen LogP contribution in [0.15, 0.2) is 29.1 Å². The van der Waals surface area contributed by atoms with Crippen molar-refractivity contribution in [3.63, 3.8) is 0 Å². The number of benzene rings is 1. The quantitative estimate of drug-likeness (QED) is 0.633. The molecule has 0 radical (unpaired) electrons. The van der Waals surface area contributed by atoms with Gasteiger partial charge in [-0.05, 0) is 0 Å². The molecular weight excluding hydrogens is 240 g/mol. The van der Waals surface area contributed by atoms with Crippen molar-refractivity contribution in [1.82, 2.24) is 15.0 Å².